The fourth-order valence-corrected chi connectivity index (χ4v) is 2.42. The quantitative estimate of drug-likeness (QED) is 0.632. The Hall–Kier alpha value is -1.02. The van der Waals surface area contributed by atoms with Crippen molar-refractivity contribution in [2.75, 3.05) is 13.6 Å². The van der Waals surface area contributed by atoms with Gasteiger partial charge in [-0.3, -0.25) is 0 Å². The molecule has 2 heterocycles. The highest BCUT2D eigenvalue weighted by atomic mass is 15.1. The van der Waals surface area contributed by atoms with E-state index < -0.39 is 0 Å². The van der Waals surface area contributed by atoms with Crippen molar-refractivity contribution >= 4 is 6.08 Å². The Balaban J connectivity index is 2.10. The molecule has 2 heteroatoms. The van der Waals surface area contributed by atoms with Crippen molar-refractivity contribution in [2.24, 2.45) is 0 Å². The van der Waals surface area contributed by atoms with E-state index in [2.05, 4.69) is 29.1 Å². The molecule has 2 aliphatic rings. The van der Waals surface area contributed by atoms with Crippen molar-refractivity contribution in [1.29, 1.82) is 0 Å². The summed E-state index contributed by atoms with van der Waals surface area (Å²) in [6.07, 6.45) is 6.83. The number of hydrogen-bond donors (Lipinski definition) is 1. The van der Waals surface area contributed by atoms with Gasteiger partial charge in [0, 0.05) is 24.5 Å². The molecule has 1 aliphatic carbocycles. The predicted molar refractivity (Wildman–Crippen MR) is 53.6 cm³/mol. The molecular formula is C11H14N2. The summed E-state index contributed by atoms with van der Waals surface area (Å²) >= 11 is 0. The van der Waals surface area contributed by atoms with Crippen molar-refractivity contribution in [3.05, 3.63) is 28.6 Å². The lowest BCUT2D eigenvalue weighted by Gasteiger charge is -2.22. The summed E-state index contributed by atoms with van der Waals surface area (Å²) < 4.78 is 0. The maximum atomic E-state index is 3.52. The van der Waals surface area contributed by atoms with E-state index in [9.17, 15) is 0 Å². The lowest BCUT2D eigenvalue weighted by Crippen LogP contribution is -2.26. The zero-order valence-electron chi connectivity index (χ0n) is 7.93. The van der Waals surface area contributed by atoms with Crippen LogP contribution in [0.3, 0.4) is 0 Å². The summed E-state index contributed by atoms with van der Waals surface area (Å²) in [6.45, 7) is 2.30. The summed E-state index contributed by atoms with van der Waals surface area (Å²) in [4.78, 5) is 5.89. The highest BCUT2D eigenvalue weighted by Gasteiger charge is 2.21. The van der Waals surface area contributed by atoms with Crippen LogP contribution in [-0.4, -0.2) is 23.5 Å². The third kappa shape index (κ3) is 0.985. The number of H-pyrrole nitrogens is 1. The second-order valence-electron chi connectivity index (χ2n) is 4.07. The van der Waals surface area contributed by atoms with Crippen molar-refractivity contribution in [3.63, 3.8) is 0 Å². The summed E-state index contributed by atoms with van der Waals surface area (Å²) in [5, 5.41) is 0. The monoisotopic (exact) mass is 174 g/mol. The Bertz CT molecular complexity index is 374. The van der Waals surface area contributed by atoms with Crippen molar-refractivity contribution in [2.45, 2.75) is 19.4 Å². The molecule has 0 amide bonds. The van der Waals surface area contributed by atoms with Gasteiger partial charge >= 0.3 is 0 Å². The van der Waals surface area contributed by atoms with Crippen molar-refractivity contribution < 1.29 is 0 Å². The molecule has 0 saturated carbocycles. The Labute approximate surface area is 78.3 Å². The first-order valence-electron chi connectivity index (χ1n) is 4.92. The number of aromatic amines is 1. The number of allylic oxidation sites excluding steroid dienone is 1. The minimum absolute atomic E-state index is 1.09. The first-order valence-corrected chi connectivity index (χ1v) is 4.92. The van der Waals surface area contributed by atoms with Gasteiger partial charge in [0.05, 0.1) is 0 Å². The van der Waals surface area contributed by atoms with E-state index >= 15 is 0 Å². The molecule has 13 heavy (non-hydrogen) atoms. The Morgan fingerprint density at radius 1 is 1.38 bits per heavy atom. The molecule has 0 saturated heterocycles. The standard InChI is InChI=1S/C11H14N2/c1-13-6-5-9-8-3-2-4-10(8)12-11(9)7-13/h2,4,12H,3,5-7H2,1H3. The van der Waals surface area contributed by atoms with E-state index in [4.69, 9.17) is 0 Å². The van der Waals surface area contributed by atoms with Gasteiger partial charge in [0.15, 0.2) is 0 Å². The van der Waals surface area contributed by atoms with Gasteiger partial charge in [-0.15, -0.1) is 0 Å². The lowest BCUT2D eigenvalue weighted by molar-refractivity contribution is 0.309. The second kappa shape index (κ2) is 2.48. The number of likely N-dealkylation sites (N-methyl/N-ethyl adjacent to an activating group) is 1. The highest BCUT2D eigenvalue weighted by Crippen LogP contribution is 2.29. The van der Waals surface area contributed by atoms with Crippen LogP contribution in [-0.2, 0) is 19.4 Å². The molecule has 0 bridgehead atoms. The third-order valence-electron chi connectivity index (χ3n) is 3.12. The molecule has 1 aromatic heterocycles. The topological polar surface area (TPSA) is 19.0 Å². The van der Waals surface area contributed by atoms with Gasteiger partial charge in [0.25, 0.3) is 0 Å². The van der Waals surface area contributed by atoms with Gasteiger partial charge in [-0.1, -0.05) is 6.08 Å². The van der Waals surface area contributed by atoms with Crippen LogP contribution in [0.15, 0.2) is 6.08 Å². The number of rotatable bonds is 0. The molecule has 0 fully saturated rings. The third-order valence-corrected chi connectivity index (χ3v) is 3.12. The summed E-state index contributed by atoms with van der Waals surface area (Å²) in [6, 6.07) is 0. The van der Waals surface area contributed by atoms with Gasteiger partial charge in [0.1, 0.15) is 0 Å². The molecule has 0 aromatic carbocycles. The van der Waals surface area contributed by atoms with Crippen LogP contribution < -0.4 is 0 Å². The molecule has 0 atom stereocenters. The maximum absolute atomic E-state index is 3.52. The minimum Gasteiger partial charge on any atom is -0.357 e. The molecule has 1 N–H and O–H groups in total. The fourth-order valence-electron chi connectivity index (χ4n) is 2.42. The van der Waals surface area contributed by atoms with Crippen LogP contribution >= 0.6 is 0 Å². The Morgan fingerprint density at radius 2 is 2.31 bits per heavy atom. The van der Waals surface area contributed by atoms with E-state index in [0.717, 1.165) is 13.0 Å². The zero-order valence-corrected chi connectivity index (χ0v) is 7.93. The van der Waals surface area contributed by atoms with E-state index in [1.165, 1.54) is 24.4 Å². The minimum atomic E-state index is 1.09. The van der Waals surface area contributed by atoms with Crippen LogP contribution in [0.4, 0.5) is 0 Å². The molecule has 2 nitrogen and oxygen atoms in total. The Morgan fingerprint density at radius 3 is 3.23 bits per heavy atom. The van der Waals surface area contributed by atoms with E-state index in [-0.39, 0.29) is 0 Å². The maximum Gasteiger partial charge on any atom is 0.0418 e. The molecule has 0 unspecified atom stereocenters. The number of fused-ring (bicyclic) bond motifs is 3. The van der Waals surface area contributed by atoms with E-state index in [1.807, 2.05) is 0 Å². The number of nitrogens with one attached hydrogen (secondary N) is 1. The average molecular weight is 174 g/mol. The molecule has 3 rings (SSSR count). The van der Waals surface area contributed by atoms with Gasteiger partial charge in [-0.2, -0.15) is 0 Å². The average Bonchev–Trinajstić information content (AvgIpc) is 2.62. The zero-order chi connectivity index (χ0) is 8.84. The van der Waals surface area contributed by atoms with Crippen LogP contribution in [0, 0.1) is 0 Å². The smallest absolute Gasteiger partial charge is 0.0418 e. The van der Waals surface area contributed by atoms with Crippen molar-refractivity contribution in [3.8, 4) is 0 Å². The van der Waals surface area contributed by atoms with E-state index in [0.29, 0.717) is 0 Å². The summed E-state index contributed by atoms with van der Waals surface area (Å²) in [7, 11) is 2.19. The number of hydrogen-bond acceptors (Lipinski definition) is 1. The number of aromatic nitrogens is 1. The van der Waals surface area contributed by atoms with Crippen LogP contribution in [0.1, 0.15) is 22.5 Å². The van der Waals surface area contributed by atoms with Gasteiger partial charge in [-0.05, 0) is 37.1 Å². The second-order valence-corrected chi connectivity index (χ2v) is 4.07. The summed E-state index contributed by atoms with van der Waals surface area (Å²) in [5.74, 6) is 0. The van der Waals surface area contributed by atoms with Gasteiger partial charge in [-0.25, -0.2) is 0 Å². The van der Waals surface area contributed by atoms with Crippen LogP contribution in [0.5, 0.6) is 0 Å². The van der Waals surface area contributed by atoms with E-state index in [1.54, 1.807) is 11.1 Å². The van der Waals surface area contributed by atoms with Gasteiger partial charge < -0.3 is 9.88 Å². The molecule has 0 spiro atoms. The SMILES string of the molecule is CN1CCc2c([nH]c3c2CC=C3)C1. The van der Waals surface area contributed by atoms with Crippen molar-refractivity contribution in [1.82, 2.24) is 9.88 Å². The Kier molecular flexibility index (Phi) is 1.41. The summed E-state index contributed by atoms with van der Waals surface area (Å²) in [5.41, 5.74) is 5.96. The first-order chi connectivity index (χ1) is 6.34. The molecule has 1 aliphatic heterocycles. The van der Waals surface area contributed by atoms with Crippen LogP contribution in [0.2, 0.25) is 0 Å². The lowest BCUT2D eigenvalue weighted by atomic mass is 10.0. The fraction of sp³-hybridized carbons (Fsp3) is 0.455. The van der Waals surface area contributed by atoms with Gasteiger partial charge in [0.2, 0.25) is 0 Å². The molecule has 1 aromatic rings. The molecule has 0 radical (unpaired) electrons. The number of nitrogens with zero attached hydrogens (tertiary/aromatic N) is 1. The largest absolute Gasteiger partial charge is 0.357 e. The highest BCUT2D eigenvalue weighted by molar-refractivity contribution is 5.61. The first kappa shape index (κ1) is 7.39. The molecule has 68 valence electrons. The molecular weight excluding hydrogens is 160 g/mol. The normalized spacial score (nSPS) is 20.4. The van der Waals surface area contributed by atoms with Crippen LogP contribution in [0.25, 0.3) is 6.08 Å². The predicted octanol–water partition coefficient (Wildman–Crippen LogP) is 1.57.